The first kappa shape index (κ1) is 13.1. The maximum absolute atomic E-state index is 12.0. The molecule has 0 aromatic carbocycles. The first-order chi connectivity index (χ1) is 8.69. The van der Waals surface area contributed by atoms with E-state index in [9.17, 15) is 4.79 Å². The number of hydrazine groups is 2. The molecule has 1 aliphatic heterocycles. The zero-order chi connectivity index (χ0) is 13.0. The SMILES string of the molecule is NNc1cc(C(=O)NN2CCCCC2)cc(Cl)n1. The number of nitrogens with one attached hydrogen (secondary N) is 2. The molecule has 2 rings (SSSR count). The molecule has 1 saturated heterocycles. The molecule has 1 aliphatic rings. The minimum atomic E-state index is -0.197. The van der Waals surface area contributed by atoms with Crippen LogP contribution in [0.3, 0.4) is 0 Å². The van der Waals surface area contributed by atoms with Crippen LogP contribution in [0, 0.1) is 0 Å². The summed E-state index contributed by atoms with van der Waals surface area (Å²) in [4.78, 5) is 15.9. The van der Waals surface area contributed by atoms with Gasteiger partial charge in [0.25, 0.3) is 5.91 Å². The fourth-order valence-corrected chi connectivity index (χ4v) is 2.12. The van der Waals surface area contributed by atoms with Crippen molar-refractivity contribution in [3.8, 4) is 0 Å². The van der Waals surface area contributed by atoms with Gasteiger partial charge in [0.15, 0.2) is 0 Å². The summed E-state index contributed by atoms with van der Waals surface area (Å²) in [5.74, 6) is 5.43. The lowest BCUT2D eigenvalue weighted by atomic mass is 10.2. The topological polar surface area (TPSA) is 83.3 Å². The maximum Gasteiger partial charge on any atom is 0.265 e. The standard InChI is InChI=1S/C11H16ClN5O/c12-9-6-8(7-10(14-9)15-13)11(18)16-17-4-2-1-3-5-17/h6-7H,1-5,13H2,(H,14,15)(H,16,18). The Balaban J connectivity index is 2.05. The predicted molar refractivity (Wildman–Crippen MR) is 69.9 cm³/mol. The molecule has 1 fully saturated rings. The number of anilines is 1. The maximum atomic E-state index is 12.0. The highest BCUT2D eigenvalue weighted by Crippen LogP contribution is 2.14. The largest absolute Gasteiger partial charge is 0.308 e. The number of carbonyl (C=O) groups is 1. The molecule has 1 aromatic rings. The third kappa shape index (κ3) is 3.32. The van der Waals surface area contributed by atoms with Crippen LogP contribution in [0.4, 0.5) is 5.82 Å². The van der Waals surface area contributed by atoms with Crippen LogP contribution < -0.4 is 16.7 Å². The van der Waals surface area contributed by atoms with Crippen molar-refractivity contribution in [1.82, 2.24) is 15.4 Å². The summed E-state index contributed by atoms with van der Waals surface area (Å²) in [5, 5.41) is 2.16. The molecule has 18 heavy (non-hydrogen) atoms. The van der Waals surface area contributed by atoms with Crippen molar-refractivity contribution in [1.29, 1.82) is 0 Å². The number of amides is 1. The van der Waals surface area contributed by atoms with Crippen molar-refractivity contribution in [3.63, 3.8) is 0 Å². The van der Waals surface area contributed by atoms with Crippen LogP contribution in [0.25, 0.3) is 0 Å². The highest BCUT2D eigenvalue weighted by atomic mass is 35.5. The number of nitrogen functional groups attached to an aromatic ring is 1. The molecule has 7 heteroatoms. The highest BCUT2D eigenvalue weighted by molar-refractivity contribution is 6.29. The molecule has 0 spiro atoms. The van der Waals surface area contributed by atoms with Crippen molar-refractivity contribution in [2.45, 2.75) is 19.3 Å². The molecule has 1 amide bonds. The zero-order valence-corrected chi connectivity index (χ0v) is 10.7. The van der Waals surface area contributed by atoms with Gasteiger partial charge in [-0.15, -0.1) is 0 Å². The fourth-order valence-electron chi connectivity index (χ4n) is 1.92. The molecule has 6 nitrogen and oxygen atoms in total. The van der Waals surface area contributed by atoms with Crippen LogP contribution >= 0.6 is 11.6 Å². The van der Waals surface area contributed by atoms with E-state index in [-0.39, 0.29) is 11.1 Å². The number of aromatic nitrogens is 1. The van der Waals surface area contributed by atoms with Gasteiger partial charge >= 0.3 is 0 Å². The van der Waals surface area contributed by atoms with E-state index in [0.29, 0.717) is 11.4 Å². The average Bonchev–Trinajstić information content (AvgIpc) is 2.39. The second-order valence-corrected chi connectivity index (χ2v) is 4.58. The van der Waals surface area contributed by atoms with E-state index in [4.69, 9.17) is 17.4 Å². The molecule has 2 heterocycles. The Morgan fingerprint density at radius 2 is 2.06 bits per heavy atom. The lowest BCUT2D eigenvalue weighted by molar-refractivity contribution is 0.0750. The van der Waals surface area contributed by atoms with Gasteiger partial charge in [-0.05, 0) is 25.0 Å². The van der Waals surface area contributed by atoms with Crippen LogP contribution in [-0.4, -0.2) is 29.0 Å². The molecule has 0 bridgehead atoms. The van der Waals surface area contributed by atoms with Gasteiger partial charge in [-0.25, -0.2) is 15.8 Å². The van der Waals surface area contributed by atoms with Crippen LogP contribution in [0.2, 0.25) is 5.15 Å². The van der Waals surface area contributed by atoms with Crippen LogP contribution in [0.15, 0.2) is 12.1 Å². The van der Waals surface area contributed by atoms with Gasteiger partial charge in [-0.2, -0.15) is 0 Å². The lowest BCUT2D eigenvalue weighted by Crippen LogP contribution is -2.45. The van der Waals surface area contributed by atoms with E-state index in [1.807, 2.05) is 5.01 Å². The summed E-state index contributed by atoms with van der Waals surface area (Å²) in [6.45, 7) is 1.76. The smallest absolute Gasteiger partial charge is 0.265 e. The van der Waals surface area contributed by atoms with Crippen molar-refractivity contribution >= 4 is 23.3 Å². The summed E-state index contributed by atoms with van der Waals surface area (Å²) in [6.07, 6.45) is 3.43. The van der Waals surface area contributed by atoms with Crippen molar-refractivity contribution in [3.05, 3.63) is 22.8 Å². The Morgan fingerprint density at radius 3 is 2.72 bits per heavy atom. The summed E-state index contributed by atoms with van der Waals surface area (Å²) in [5.41, 5.74) is 5.67. The first-order valence-corrected chi connectivity index (χ1v) is 6.27. The second-order valence-electron chi connectivity index (χ2n) is 4.20. The normalized spacial score (nSPS) is 16.3. The predicted octanol–water partition coefficient (Wildman–Crippen LogP) is 1.15. The molecular weight excluding hydrogens is 254 g/mol. The summed E-state index contributed by atoms with van der Waals surface area (Å²) >= 11 is 5.82. The molecule has 98 valence electrons. The van der Waals surface area contributed by atoms with Crippen LogP contribution in [-0.2, 0) is 0 Å². The van der Waals surface area contributed by atoms with Gasteiger partial charge in [0.05, 0.1) is 0 Å². The number of halogens is 1. The average molecular weight is 270 g/mol. The minimum Gasteiger partial charge on any atom is -0.308 e. The molecule has 0 aliphatic carbocycles. The van der Waals surface area contributed by atoms with Gasteiger partial charge in [0.1, 0.15) is 11.0 Å². The van der Waals surface area contributed by atoms with E-state index in [1.165, 1.54) is 12.5 Å². The Bertz CT molecular complexity index is 433. The summed E-state index contributed by atoms with van der Waals surface area (Å²) in [6, 6.07) is 3.08. The number of nitrogens with two attached hydrogens (primary N) is 1. The molecule has 1 aromatic heterocycles. The van der Waals surface area contributed by atoms with Crippen molar-refractivity contribution < 1.29 is 4.79 Å². The third-order valence-electron chi connectivity index (χ3n) is 2.82. The fraction of sp³-hybridized carbons (Fsp3) is 0.455. The van der Waals surface area contributed by atoms with Crippen LogP contribution in [0.5, 0.6) is 0 Å². The van der Waals surface area contributed by atoms with Gasteiger partial charge in [0, 0.05) is 18.7 Å². The number of piperidine rings is 1. The minimum absolute atomic E-state index is 0.197. The highest BCUT2D eigenvalue weighted by Gasteiger charge is 2.15. The zero-order valence-electron chi connectivity index (χ0n) is 9.95. The van der Waals surface area contributed by atoms with E-state index < -0.39 is 0 Å². The molecular formula is C11H16ClN5O. The van der Waals surface area contributed by atoms with E-state index in [0.717, 1.165) is 25.9 Å². The molecule has 0 unspecified atom stereocenters. The van der Waals surface area contributed by atoms with Crippen LogP contribution in [0.1, 0.15) is 29.6 Å². The number of nitrogens with zero attached hydrogens (tertiary/aromatic N) is 2. The Morgan fingerprint density at radius 1 is 1.33 bits per heavy atom. The molecule has 0 radical (unpaired) electrons. The van der Waals surface area contributed by atoms with E-state index >= 15 is 0 Å². The van der Waals surface area contributed by atoms with Gasteiger partial charge in [-0.3, -0.25) is 10.2 Å². The molecule has 0 atom stereocenters. The second kappa shape index (κ2) is 5.99. The number of rotatable bonds is 3. The van der Waals surface area contributed by atoms with Gasteiger partial charge in [0.2, 0.25) is 0 Å². The lowest BCUT2D eigenvalue weighted by Gasteiger charge is -2.26. The van der Waals surface area contributed by atoms with Gasteiger partial charge < -0.3 is 5.43 Å². The number of hydrogen-bond acceptors (Lipinski definition) is 5. The monoisotopic (exact) mass is 269 g/mol. The third-order valence-corrected chi connectivity index (χ3v) is 3.01. The Hall–Kier alpha value is -1.37. The molecule has 0 saturated carbocycles. The number of pyridine rings is 1. The Kier molecular flexibility index (Phi) is 4.35. The van der Waals surface area contributed by atoms with Gasteiger partial charge in [-0.1, -0.05) is 18.0 Å². The Labute approximate surface area is 110 Å². The van der Waals surface area contributed by atoms with Crippen molar-refractivity contribution in [2.75, 3.05) is 18.5 Å². The van der Waals surface area contributed by atoms with E-state index in [1.54, 1.807) is 6.07 Å². The summed E-state index contributed by atoms with van der Waals surface area (Å²) < 4.78 is 0. The number of hydrogen-bond donors (Lipinski definition) is 3. The quantitative estimate of drug-likeness (QED) is 0.436. The summed E-state index contributed by atoms with van der Waals surface area (Å²) in [7, 11) is 0. The first-order valence-electron chi connectivity index (χ1n) is 5.89. The van der Waals surface area contributed by atoms with E-state index in [2.05, 4.69) is 15.8 Å². The number of carbonyl (C=O) groups excluding carboxylic acids is 1. The molecule has 4 N–H and O–H groups in total. The van der Waals surface area contributed by atoms with Crippen molar-refractivity contribution in [2.24, 2.45) is 5.84 Å².